The summed E-state index contributed by atoms with van der Waals surface area (Å²) in [6.07, 6.45) is 0.963. The van der Waals surface area contributed by atoms with Gasteiger partial charge >= 0.3 is 0 Å². The van der Waals surface area contributed by atoms with Crippen LogP contribution in [0.4, 0.5) is 0 Å². The summed E-state index contributed by atoms with van der Waals surface area (Å²) in [5, 5.41) is 2.74. The highest BCUT2D eigenvalue weighted by Crippen LogP contribution is 2.10. The quantitative estimate of drug-likeness (QED) is 0.696. The third-order valence-corrected chi connectivity index (χ3v) is 2.54. The summed E-state index contributed by atoms with van der Waals surface area (Å²) in [5.74, 6) is 0.233. The fourth-order valence-corrected chi connectivity index (χ4v) is 1.81. The van der Waals surface area contributed by atoms with E-state index in [0.29, 0.717) is 31.8 Å². The first kappa shape index (κ1) is 11.3. The van der Waals surface area contributed by atoms with Crippen molar-refractivity contribution in [3.63, 3.8) is 0 Å². The van der Waals surface area contributed by atoms with E-state index in [9.17, 15) is 9.59 Å². The molecule has 0 saturated carbocycles. The van der Waals surface area contributed by atoms with Crippen LogP contribution in [0.2, 0.25) is 0 Å². The molecular weight excluding hydrogens is 204 g/mol. The van der Waals surface area contributed by atoms with Crippen LogP contribution in [-0.4, -0.2) is 41.7 Å². The molecule has 1 aliphatic rings. The minimum atomic E-state index is -0.306. The minimum Gasteiger partial charge on any atom is -0.353 e. The predicted molar refractivity (Wildman–Crippen MR) is 54.1 cm³/mol. The second-order valence-corrected chi connectivity index (χ2v) is 3.62. The van der Waals surface area contributed by atoms with Gasteiger partial charge in [-0.25, -0.2) is 0 Å². The Morgan fingerprint density at radius 3 is 3.00 bits per heavy atom. The number of carbonyl (C=O) groups is 2. The summed E-state index contributed by atoms with van der Waals surface area (Å²) in [6, 6.07) is -0.306. The molecule has 1 rings (SSSR count). The lowest BCUT2D eigenvalue weighted by atomic mass is 10.1. The molecule has 1 aliphatic heterocycles. The average Bonchev–Trinajstić information content (AvgIpc) is 2.17. The normalized spacial score (nSPS) is 22.0. The van der Waals surface area contributed by atoms with Gasteiger partial charge in [-0.1, -0.05) is 6.92 Å². The molecule has 1 N–H and O–H groups in total. The van der Waals surface area contributed by atoms with Gasteiger partial charge in [0, 0.05) is 25.4 Å². The van der Waals surface area contributed by atoms with Gasteiger partial charge in [-0.3, -0.25) is 9.59 Å². The van der Waals surface area contributed by atoms with E-state index >= 15 is 0 Å². The Bertz CT molecular complexity index is 233. The Labute approximate surface area is 88.6 Å². The summed E-state index contributed by atoms with van der Waals surface area (Å²) >= 11 is 5.49. The molecule has 80 valence electrons. The van der Waals surface area contributed by atoms with Gasteiger partial charge in [0.2, 0.25) is 11.8 Å². The summed E-state index contributed by atoms with van der Waals surface area (Å²) in [6.45, 7) is 3.04. The molecule has 0 aromatic heterocycles. The van der Waals surface area contributed by atoms with Gasteiger partial charge in [-0.2, -0.15) is 0 Å². The van der Waals surface area contributed by atoms with E-state index in [2.05, 4.69) is 5.32 Å². The van der Waals surface area contributed by atoms with Crippen LogP contribution in [0.3, 0.4) is 0 Å². The summed E-state index contributed by atoms with van der Waals surface area (Å²) in [7, 11) is 0. The van der Waals surface area contributed by atoms with Crippen molar-refractivity contribution in [1.29, 1.82) is 0 Å². The highest BCUT2D eigenvalue weighted by atomic mass is 35.5. The van der Waals surface area contributed by atoms with Gasteiger partial charge in [0.1, 0.15) is 6.04 Å². The van der Waals surface area contributed by atoms with E-state index in [0.717, 1.165) is 0 Å². The van der Waals surface area contributed by atoms with Crippen LogP contribution in [0.5, 0.6) is 0 Å². The third kappa shape index (κ3) is 2.38. The molecule has 0 aromatic rings. The van der Waals surface area contributed by atoms with E-state index in [4.69, 9.17) is 11.6 Å². The van der Waals surface area contributed by atoms with Crippen LogP contribution in [0.1, 0.15) is 19.8 Å². The molecule has 1 heterocycles. The lowest BCUT2D eigenvalue weighted by molar-refractivity contribution is -0.143. The first-order valence-corrected chi connectivity index (χ1v) is 5.37. The molecule has 5 heteroatoms. The average molecular weight is 219 g/mol. The molecule has 1 atom stereocenters. The molecular formula is C9H15ClN2O2. The summed E-state index contributed by atoms with van der Waals surface area (Å²) < 4.78 is 0. The van der Waals surface area contributed by atoms with Crippen LogP contribution < -0.4 is 5.32 Å². The maximum atomic E-state index is 11.6. The molecule has 1 unspecified atom stereocenters. The van der Waals surface area contributed by atoms with Crippen molar-refractivity contribution in [2.75, 3.05) is 19.0 Å². The van der Waals surface area contributed by atoms with Crippen molar-refractivity contribution in [3.05, 3.63) is 0 Å². The molecule has 0 bridgehead atoms. The number of carbonyl (C=O) groups excluding carboxylic acids is 2. The Morgan fingerprint density at radius 1 is 1.71 bits per heavy atom. The van der Waals surface area contributed by atoms with Gasteiger partial charge in [0.05, 0.1) is 0 Å². The van der Waals surface area contributed by atoms with E-state index in [1.165, 1.54) is 0 Å². The van der Waals surface area contributed by atoms with Crippen molar-refractivity contribution in [3.8, 4) is 0 Å². The van der Waals surface area contributed by atoms with Gasteiger partial charge in [-0.05, 0) is 6.42 Å². The molecule has 14 heavy (non-hydrogen) atoms. The Kier molecular flexibility index (Phi) is 4.20. The van der Waals surface area contributed by atoms with E-state index in [1.54, 1.807) is 4.90 Å². The molecule has 1 fully saturated rings. The van der Waals surface area contributed by atoms with Gasteiger partial charge in [0.15, 0.2) is 0 Å². The second-order valence-electron chi connectivity index (χ2n) is 3.24. The number of nitrogens with zero attached hydrogens (tertiary/aromatic N) is 1. The maximum absolute atomic E-state index is 11.6. The number of amides is 2. The van der Waals surface area contributed by atoms with Crippen LogP contribution in [0.15, 0.2) is 0 Å². The smallest absolute Gasteiger partial charge is 0.242 e. The molecule has 0 aliphatic carbocycles. The zero-order chi connectivity index (χ0) is 10.6. The van der Waals surface area contributed by atoms with E-state index in [1.807, 2.05) is 6.92 Å². The molecule has 4 nitrogen and oxygen atoms in total. The third-order valence-electron chi connectivity index (χ3n) is 2.35. The highest BCUT2D eigenvalue weighted by molar-refractivity contribution is 6.19. The first-order chi connectivity index (χ1) is 6.70. The first-order valence-electron chi connectivity index (χ1n) is 4.83. The van der Waals surface area contributed by atoms with Crippen LogP contribution in [-0.2, 0) is 9.59 Å². The zero-order valence-electron chi connectivity index (χ0n) is 8.25. The number of piperazine rings is 1. The number of hydrogen-bond acceptors (Lipinski definition) is 2. The molecule has 0 spiro atoms. The lowest BCUT2D eigenvalue weighted by Gasteiger charge is -2.34. The van der Waals surface area contributed by atoms with Crippen molar-refractivity contribution in [1.82, 2.24) is 10.2 Å². The largest absolute Gasteiger partial charge is 0.353 e. The number of alkyl halides is 1. The number of hydrogen-bond donors (Lipinski definition) is 1. The standard InChI is InChI=1S/C9H15ClN2O2/c1-2-7-9(14)11-5-6-12(7)8(13)3-4-10/h7H,2-6H2,1H3,(H,11,14). The van der Waals surface area contributed by atoms with Crippen molar-refractivity contribution < 1.29 is 9.59 Å². The fraction of sp³-hybridized carbons (Fsp3) is 0.778. The van der Waals surface area contributed by atoms with E-state index in [-0.39, 0.29) is 17.9 Å². The Balaban J connectivity index is 2.64. The second kappa shape index (κ2) is 5.20. The SMILES string of the molecule is CCC1C(=O)NCCN1C(=O)CCCl. The van der Waals surface area contributed by atoms with Crippen LogP contribution in [0.25, 0.3) is 0 Å². The Morgan fingerprint density at radius 2 is 2.43 bits per heavy atom. The van der Waals surface area contributed by atoms with Crippen molar-refractivity contribution >= 4 is 23.4 Å². The minimum absolute atomic E-state index is 0.0262. The highest BCUT2D eigenvalue weighted by Gasteiger charge is 2.30. The molecule has 0 radical (unpaired) electrons. The number of rotatable bonds is 3. The van der Waals surface area contributed by atoms with Gasteiger partial charge in [-0.15, -0.1) is 11.6 Å². The topological polar surface area (TPSA) is 49.4 Å². The van der Waals surface area contributed by atoms with Crippen molar-refractivity contribution in [2.45, 2.75) is 25.8 Å². The summed E-state index contributed by atoms with van der Waals surface area (Å²) in [4.78, 5) is 24.6. The monoisotopic (exact) mass is 218 g/mol. The van der Waals surface area contributed by atoms with Gasteiger partial charge < -0.3 is 10.2 Å². The fourth-order valence-electron chi connectivity index (χ4n) is 1.64. The van der Waals surface area contributed by atoms with Gasteiger partial charge in [0.25, 0.3) is 0 Å². The molecule has 2 amide bonds. The van der Waals surface area contributed by atoms with Crippen LogP contribution >= 0.6 is 11.6 Å². The van der Waals surface area contributed by atoms with E-state index < -0.39 is 0 Å². The maximum Gasteiger partial charge on any atom is 0.242 e. The molecule has 0 aromatic carbocycles. The lowest BCUT2D eigenvalue weighted by Crippen LogP contribution is -2.56. The van der Waals surface area contributed by atoms with Crippen molar-refractivity contribution in [2.24, 2.45) is 0 Å². The number of halogens is 1. The zero-order valence-corrected chi connectivity index (χ0v) is 9.01. The summed E-state index contributed by atoms with van der Waals surface area (Å²) in [5.41, 5.74) is 0. The Hall–Kier alpha value is -0.770. The molecule has 1 saturated heterocycles. The predicted octanol–water partition coefficient (Wildman–Crippen LogP) is 0.352. The van der Waals surface area contributed by atoms with Crippen LogP contribution in [0, 0.1) is 0 Å². The number of nitrogens with one attached hydrogen (secondary N) is 1.